The molecule has 0 radical (unpaired) electrons. The van der Waals surface area contributed by atoms with Gasteiger partial charge in [0.25, 0.3) is 10.1 Å². The van der Waals surface area contributed by atoms with E-state index >= 15 is 0 Å². The Bertz CT molecular complexity index is 420. The standard InChI is InChI=1S/C19H38O5S/c1-4-6-7-8-11-14-17-23-19(20)16-13-10-9-12-15-18(5-2)24-25(3,21)22/h18H,4-17H2,1-3H3. The second-order valence-corrected chi connectivity index (χ2v) is 8.37. The van der Waals surface area contributed by atoms with Crippen LogP contribution in [0, 0.1) is 0 Å². The Morgan fingerprint density at radius 3 is 2.12 bits per heavy atom. The maximum absolute atomic E-state index is 11.6. The number of unbranched alkanes of at least 4 members (excludes halogenated alkanes) is 8. The van der Waals surface area contributed by atoms with Crippen LogP contribution >= 0.6 is 0 Å². The minimum absolute atomic E-state index is 0.0968. The number of hydrogen-bond donors (Lipinski definition) is 0. The highest BCUT2D eigenvalue weighted by atomic mass is 32.2. The van der Waals surface area contributed by atoms with E-state index in [1.54, 1.807) is 0 Å². The summed E-state index contributed by atoms with van der Waals surface area (Å²) in [4.78, 5) is 11.6. The highest BCUT2D eigenvalue weighted by molar-refractivity contribution is 7.86. The highest BCUT2D eigenvalue weighted by Crippen LogP contribution is 2.14. The summed E-state index contributed by atoms with van der Waals surface area (Å²) < 4.78 is 32.5. The van der Waals surface area contributed by atoms with Crippen LogP contribution in [0.15, 0.2) is 0 Å². The van der Waals surface area contributed by atoms with Crippen molar-refractivity contribution in [3.63, 3.8) is 0 Å². The largest absolute Gasteiger partial charge is 0.466 e. The molecular weight excluding hydrogens is 340 g/mol. The van der Waals surface area contributed by atoms with Gasteiger partial charge in [0, 0.05) is 6.42 Å². The molecule has 0 fully saturated rings. The second kappa shape index (κ2) is 15.6. The Balaban J connectivity index is 3.48. The normalized spacial score (nSPS) is 12.9. The van der Waals surface area contributed by atoms with E-state index in [1.807, 2.05) is 6.92 Å². The average molecular weight is 379 g/mol. The van der Waals surface area contributed by atoms with E-state index < -0.39 is 10.1 Å². The van der Waals surface area contributed by atoms with Crippen molar-refractivity contribution in [3.8, 4) is 0 Å². The van der Waals surface area contributed by atoms with Crippen molar-refractivity contribution in [1.29, 1.82) is 0 Å². The van der Waals surface area contributed by atoms with Gasteiger partial charge in [0.05, 0.1) is 19.0 Å². The molecule has 0 rings (SSSR count). The zero-order valence-electron chi connectivity index (χ0n) is 16.4. The molecule has 0 heterocycles. The third-order valence-electron chi connectivity index (χ3n) is 4.18. The van der Waals surface area contributed by atoms with E-state index in [1.165, 1.54) is 25.7 Å². The summed E-state index contributed by atoms with van der Waals surface area (Å²) in [5, 5.41) is 0. The van der Waals surface area contributed by atoms with Crippen molar-refractivity contribution in [2.75, 3.05) is 12.9 Å². The topological polar surface area (TPSA) is 69.7 Å². The first-order valence-corrected chi connectivity index (χ1v) is 11.7. The molecule has 0 spiro atoms. The van der Waals surface area contributed by atoms with Crippen LogP contribution in [0.3, 0.4) is 0 Å². The van der Waals surface area contributed by atoms with E-state index in [9.17, 15) is 13.2 Å². The maximum atomic E-state index is 11.6. The number of esters is 1. The maximum Gasteiger partial charge on any atom is 0.305 e. The molecule has 0 aromatic carbocycles. The van der Waals surface area contributed by atoms with Gasteiger partial charge in [-0.15, -0.1) is 0 Å². The Morgan fingerprint density at radius 1 is 0.880 bits per heavy atom. The molecule has 1 atom stereocenters. The summed E-state index contributed by atoms with van der Waals surface area (Å²) in [6.07, 6.45) is 13.6. The number of carbonyl (C=O) groups excluding carboxylic acids is 1. The van der Waals surface area contributed by atoms with Gasteiger partial charge in [-0.2, -0.15) is 8.42 Å². The first-order valence-electron chi connectivity index (χ1n) is 9.93. The van der Waals surface area contributed by atoms with Crippen LogP contribution in [0.2, 0.25) is 0 Å². The summed E-state index contributed by atoms with van der Waals surface area (Å²) in [6, 6.07) is 0. The lowest BCUT2D eigenvalue weighted by atomic mass is 10.1. The van der Waals surface area contributed by atoms with Crippen LogP contribution in [0.1, 0.15) is 97.3 Å². The number of rotatable bonds is 17. The summed E-state index contributed by atoms with van der Waals surface area (Å²) in [6.45, 7) is 4.68. The van der Waals surface area contributed by atoms with Crippen LogP contribution < -0.4 is 0 Å². The van der Waals surface area contributed by atoms with Crippen molar-refractivity contribution in [3.05, 3.63) is 0 Å². The Morgan fingerprint density at radius 2 is 1.48 bits per heavy atom. The molecule has 0 amide bonds. The highest BCUT2D eigenvalue weighted by Gasteiger charge is 2.13. The second-order valence-electron chi connectivity index (χ2n) is 6.77. The van der Waals surface area contributed by atoms with Gasteiger partial charge in [-0.1, -0.05) is 65.2 Å². The molecule has 0 saturated carbocycles. The summed E-state index contributed by atoms with van der Waals surface area (Å²) in [5.74, 6) is -0.0968. The SMILES string of the molecule is CCCCCCCCOC(=O)CCCCCCC(CC)OS(C)(=O)=O. The molecule has 1 unspecified atom stereocenters. The lowest BCUT2D eigenvalue weighted by molar-refractivity contribution is -0.143. The molecule has 25 heavy (non-hydrogen) atoms. The smallest absolute Gasteiger partial charge is 0.305 e. The van der Waals surface area contributed by atoms with Crippen LogP contribution in [0.5, 0.6) is 0 Å². The zero-order valence-corrected chi connectivity index (χ0v) is 17.2. The predicted octanol–water partition coefficient (Wildman–Crippen LogP) is 4.99. The third-order valence-corrected chi connectivity index (χ3v) is 4.81. The molecule has 6 heteroatoms. The zero-order chi connectivity index (χ0) is 19.0. The van der Waals surface area contributed by atoms with Gasteiger partial charge in [0.2, 0.25) is 0 Å². The monoisotopic (exact) mass is 378 g/mol. The lowest BCUT2D eigenvalue weighted by Crippen LogP contribution is -2.16. The molecule has 0 bridgehead atoms. The third kappa shape index (κ3) is 18.0. The van der Waals surface area contributed by atoms with E-state index in [4.69, 9.17) is 8.92 Å². The van der Waals surface area contributed by atoms with E-state index in [0.29, 0.717) is 19.4 Å². The predicted molar refractivity (Wildman–Crippen MR) is 102 cm³/mol. The molecule has 0 aliphatic carbocycles. The number of hydrogen-bond acceptors (Lipinski definition) is 5. The van der Waals surface area contributed by atoms with Gasteiger partial charge >= 0.3 is 5.97 Å². The van der Waals surface area contributed by atoms with Crippen molar-refractivity contribution in [2.45, 2.75) is 103 Å². The Labute approximate surface area is 155 Å². The van der Waals surface area contributed by atoms with Gasteiger partial charge in [0.1, 0.15) is 0 Å². The van der Waals surface area contributed by atoms with E-state index in [2.05, 4.69) is 6.92 Å². The van der Waals surface area contributed by atoms with Gasteiger partial charge < -0.3 is 4.74 Å². The molecular formula is C19H38O5S. The fourth-order valence-electron chi connectivity index (χ4n) is 2.70. The van der Waals surface area contributed by atoms with Crippen LogP contribution in [-0.4, -0.2) is 33.4 Å². The molecule has 0 saturated heterocycles. The summed E-state index contributed by atoms with van der Waals surface area (Å²) in [7, 11) is -3.37. The van der Waals surface area contributed by atoms with Crippen LogP contribution in [0.4, 0.5) is 0 Å². The minimum atomic E-state index is -3.37. The Kier molecular flexibility index (Phi) is 15.2. The molecule has 0 aromatic heterocycles. The molecule has 0 aliphatic rings. The first-order chi connectivity index (χ1) is 11.9. The lowest BCUT2D eigenvalue weighted by Gasteiger charge is -2.13. The molecule has 0 aliphatic heterocycles. The van der Waals surface area contributed by atoms with E-state index in [-0.39, 0.29) is 12.1 Å². The molecule has 0 N–H and O–H groups in total. The molecule has 5 nitrogen and oxygen atoms in total. The minimum Gasteiger partial charge on any atom is -0.466 e. The van der Waals surface area contributed by atoms with Gasteiger partial charge in [-0.05, 0) is 25.7 Å². The van der Waals surface area contributed by atoms with Crippen molar-refractivity contribution >= 4 is 16.1 Å². The average Bonchev–Trinajstić information content (AvgIpc) is 2.54. The first kappa shape index (κ1) is 24.4. The quantitative estimate of drug-likeness (QED) is 0.203. The van der Waals surface area contributed by atoms with Gasteiger partial charge in [0.15, 0.2) is 0 Å². The summed E-state index contributed by atoms with van der Waals surface area (Å²) in [5.41, 5.74) is 0. The van der Waals surface area contributed by atoms with Crippen LogP contribution in [0.25, 0.3) is 0 Å². The van der Waals surface area contributed by atoms with E-state index in [0.717, 1.165) is 51.2 Å². The van der Waals surface area contributed by atoms with Gasteiger partial charge in [-0.3, -0.25) is 8.98 Å². The number of carbonyl (C=O) groups is 1. The van der Waals surface area contributed by atoms with Crippen LogP contribution in [-0.2, 0) is 23.8 Å². The fourth-order valence-corrected chi connectivity index (χ4v) is 3.43. The van der Waals surface area contributed by atoms with Crippen molar-refractivity contribution in [1.82, 2.24) is 0 Å². The molecule has 0 aromatic rings. The van der Waals surface area contributed by atoms with Gasteiger partial charge in [-0.25, -0.2) is 0 Å². The van der Waals surface area contributed by atoms with Crippen molar-refractivity contribution in [2.24, 2.45) is 0 Å². The molecule has 150 valence electrons. The summed E-state index contributed by atoms with van der Waals surface area (Å²) >= 11 is 0. The Hall–Kier alpha value is -0.620. The number of ether oxygens (including phenoxy) is 1. The fraction of sp³-hybridized carbons (Fsp3) is 0.947. The van der Waals surface area contributed by atoms with Crippen molar-refractivity contribution < 1.29 is 22.1 Å².